The van der Waals surface area contributed by atoms with Crippen molar-refractivity contribution in [1.29, 1.82) is 0 Å². The van der Waals surface area contributed by atoms with Crippen LogP contribution in [0.2, 0.25) is 5.02 Å². The Kier molecular flexibility index (Phi) is 5.99. The fourth-order valence-corrected chi connectivity index (χ4v) is 2.98. The summed E-state index contributed by atoms with van der Waals surface area (Å²) in [7, 11) is -3.80. The Balaban J connectivity index is 2.75. The van der Waals surface area contributed by atoms with Gasteiger partial charge < -0.3 is 10.5 Å². The van der Waals surface area contributed by atoms with Crippen LogP contribution in [-0.2, 0) is 14.8 Å². The Hall–Kier alpha value is -0.890. The van der Waals surface area contributed by atoms with Crippen LogP contribution in [0.25, 0.3) is 0 Å². The van der Waals surface area contributed by atoms with Crippen molar-refractivity contribution in [2.24, 2.45) is 0 Å². The van der Waals surface area contributed by atoms with Gasteiger partial charge in [0.1, 0.15) is 10.7 Å². The average molecular weight is 311 g/mol. The number of anilines is 1. The van der Waals surface area contributed by atoms with Gasteiger partial charge in [0.05, 0.1) is 10.7 Å². The van der Waals surface area contributed by atoms with Crippen LogP contribution < -0.4 is 10.5 Å². The molecule has 108 valence electrons. The van der Waals surface area contributed by atoms with E-state index in [-0.39, 0.29) is 22.2 Å². The van der Waals surface area contributed by atoms with Crippen LogP contribution in [0.15, 0.2) is 17.0 Å². The SMILES string of the molecule is CCOCCCNS(=O)(=O)c1cc(N)c(F)cc1Cl. The maximum Gasteiger partial charge on any atom is 0.242 e. The van der Waals surface area contributed by atoms with E-state index in [1.54, 1.807) is 0 Å². The molecule has 0 radical (unpaired) electrons. The lowest BCUT2D eigenvalue weighted by Gasteiger charge is -2.09. The summed E-state index contributed by atoms with van der Waals surface area (Å²) in [6.45, 7) is 3.09. The van der Waals surface area contributed by atoms with Crippen molar-refractivity contribution < 1.29 is 17.5 Å². The fraction of sp³-hybridized carbons (Fsp3) is 0.455. The standard InChI is InChI=1S/C11H16ClFN2O3S/c1-2-18-5-3-4-15-19(16,17)11-7-10(14)9(13)6-8(11)12/h6-7,15H,2-5,14H2,1H3. The van der Waals surface area contributed by atoms with E-state index in [1.165, 1.54) is 0 Å². The van der Waals surface area contributed by atoms with Crippen molar-refractivity contribution >= 4 is 27.3 Å². The molecule has 0 fully saturated rings. The molecule has 0 aliphatic rings. The lowest BCUT2D eigenvalue weighted by molar-refractivity contribution is 0.146. The van der Waals surface area contributed by atoms with Gasteiger partial charge in [-0.05, 0) is 25.5 Å². The summed E-state index contributed by atoms with van der Waals surface area (Å²) in [5.74, 6) is -0.750. The van der Waals surface area contributed by atoms with Gasteiger partial charge in [0, 0.05) is 19.8 Å². The molecule has 0 unspecified atom stereocenters. The second-order valence-electron chi connectivity index (χ2n) is 3.75. The maximum absolute atomic E-state index is 13.1. The fourth-order valence-electron chi connectivity index (χ4n) is 1.35. The number of sulfonamides is 1. The Morgan fingerprint density at radius 1 is 1.47 bits per heavy atom. The first-order valence-corrected chi connectivity index (χ1v) is 7.56. The number of halogens is 2. The highest BCUT2D eigenvalue weighted by molar-refractivity contribution is 7.89. The topological polar surface area (TPSA) is 81.4 Å². The van der Waals surface area contributed by atoms with Crippen molar-refractivity contribution in [3.8, 4) is 0 Å². The molecule has 0 heterocycles. The molecule has 0 amide bonds. The highest BCUT2D eigenvalue weighted by Crippen LogP contribution is 2.26. The largest absolute Gasteiger partial charge is 0.396 e. The van der Waals surface area contributed by atoms with E-state index in [0.29, 0.717) is 19.6 Å². The minimum atomic E-state index is -3.80. The van der Waals surface area contributed by atoms with Gasteiger partial charge >= 0.3 is 0 Å². The molecular formula is C11H16ClFN2O3S. The van der Waals surface area contributed by atoms with Crippen LogP contribution in [0.4, 0.5) is 10.1 Å². The first-order valence-electron chi connectivity index (χ1n) is 5.70. The van der Waals surface area contributed by atoms with Crippen molar-refractivity contribution in [2.75, 3.05) is 25.5 Å². The first-order chi connectivity index (χ1) is 8.88. The Morgan fingerprint density at radius 3 is 2.79 bits per heavy atom. The zero-order valence-corrected chi connectivity index (χ0v) is 12.0. The van der Waals surface area contributed by atoms with Gasteiger partial charge in [-0.1, -0.05) is 11.6 Å². The molecule has 19 heavy (non-hydrogen) atoms. The van der Waals surface area contributed by atoms with Crippen LogP contribution in [0.1, 0.15) is 13.3 Å². The average Bonchev–Trinajstić information content (AvgIpc) is 2.33. The molecule has 0 saturated carbocycles. The van der Waals surface area contributed by atoms with Gasteiger partial charge in [-0.15, -0.1) is 0 Å². The van der Waals surface area contributed by atoms with E-state index in [2.05, 4.69) is 4.72 Å². The van der Waals surface area contributed by atoms with E-state index < -0.39 is 15.8 Å². The minimum absolute atomic E-state index is 0.204. The van der Waals surface area contributed by atoms with Crippen LogP contribution in [-0.4, -0.2) is 28.2 Å². The van der Waals surface area contributed by atoms with Crippen LogP contribution >= 0.6 is 11.6 Å². The van der Waals surface area contributed by atoms with Gasteiger partial charge in [-0.25, -0.2) is 17.5 Å². The van der Waals surface area contributed by atoms with E-state index >= 15 is 0 Å². The van der Waals surface area contributed by atoms with E-state index in [9.17, 15) is 12.8 Å². The molecule has 8 heteroatoms. The monoisotopic (exact) mass is 310 g/mol. The zero-order valence-electron chi connectivity index (χ0n) is 10.4. The van der Waals surface area contributed by atoms with Gasteiger partial charge in [-0.3, -0.25) is 0 Å². The van der Waals surface area contributed by atoms with Crippen LogP contribution in [0.3, 0.4) is 0 Å². The van der Waals surface area contributed by atoms with Gasteiger partial charge in [0.15, 0.2) is 0 Å². The molecule has 0 spiro atoms. The second-order valence-corrected chi connectivity index (χ2v) is 5.89. The molecule has 3 N–H and O–H groups in total. The van der Waals surface area contributed by atoms with Gasteiger partial charge in [0.25, 0.3) is 0 Å². The van der Waals surface area contributed by atoms with E-state index in [1.807, 2.05) is 6.92 Å². The third-order valence-electron chi connectivity index (χ3n) is 2.30. The molecule has 0 atom stereocenters. The third kappa shape index (κ3) is 4.61. The molecule has 0 aliphatic heterocycles. The molecule has 0 aromatic heterocycles. The van der Waals surface area contributed by atoms with Crippen LogP contribution in [0.5, 0.6) is 0 Å². The highest BCUT2D eigenvalue weighted by Gasteiger charge is 2.19. The summed E-state index contributed by atoms with van der Waals surface area (Å²) in [4.78, 5) is -0.232. The number of nitrogens with one attached hydrogen (secondary N) is 1. The molecule has 1 aromatic carbocycles. The van der Waals surface area contributed by atoms with Crippen molar-refractivity contribution in [3.63, 3.8) is 0 Å². The number of nitrogens with two attached hydrogens (primary N) is 1. The normalized spacial score (nSPS) is 11.7. The molecule has 0 saturated heterocycles. The van der Waals surface area contributed by atoms with Crippen molar-refractivity contribution in [2.45, 2.75) is 18.2 Å². The predicted octanol–water partition coefficient (Wildman–Crippen LogP) is 1.77. The maximum atomic E-state index is 13.1. The second kappa shape index (κ2) is 7.04. The Labute approximate surface area is 116 Å². The number of benzene rings is 1. The predicted molar refractivity (Wildman–Crippen MR) is 72.1 cm³/mol. The highest BCUT2D eigenvalue weighted by atomic mass is 35.5. The lowest BCUT2D eigenvalue weighted by Crippen LogP contribution is -2.26. The number of hydrogen-bond acceptors (Lipinski definition) is 4. The number of nitrogen functional groups attached to an aromatic ring is 1. The van der Waals surface area contributed by atoms with E-state index in [0.717, 1.165) is 12.1 Å². The molecule has 1 rings (SSSR count). The third-order valence-corrected chi connectivity index (χ3v) is 4.23. The Bertz CT molecular complexity index is 537. The molecule has 1 aromatic rings. The summed E-state index contributed by atoms with van der Waals surface area (Å²) in [6, 6.07) is 1.88. The number of rotatable bonds is 7. The number of ether oxygens (including phenoxy) is 1. The summed E-state index contributed by atoms with van der Waals surface area (Å²) in [5, 5.41) is -0.205. The van der Waals surface area contributed by atoms with Crippen molar-refractivity contribution in [3.05, 3.63) is 23.0 Å². The van der Waals surface area contributed by atoms with Crippen molar-refractivity contribution in [1.82, 2.24) is 4.72 Å². The molecule has 5 nitrogen and oxygen atoms in total. The summed E-state index contributed by atoms with van der Waals surface area (Å²) in [6.07, 6.45) is 0.529. The summed E-state index contributed by atoms with van der Waals surface area (Å²) >= 11 is 5.71. The molecule has 0 bridgehead atoms. The summed E-state index contributed by atoms with van der Waals surface area (Å²) in [5.41, 5.74) is 5.07. The Morgan fingerprint density at radius 2 is 2.16 bits per heavy atom. The zero-order chi connectivity index (χ0) is 14.5. The molecule has 0 aliphatic carbocycles. The lowest BCUT2D eigenvalue weighted by atomic mass is 10.3. The molecular weight excluding hydrogens is 295 g/mol. The van der Waals surface area contributed by atoms with Crippen LogP contribution in [0, 0.1) is 5.82 Å². The minimum Gasteiger partial charge on any atom is -0.396 e. The smallest absolute Gasteiger partial charge is 0.242 e. The summed E-state index contributed by atoms with van der Waals surface area (Å²) < 4.78 is 44.4. The first kappa shape index (κ1) is 16.2. The van der Waals surface area contributed by atoms with Gasteiger partial charge in [-0.2, -0.15) is 0 Å². The van der Waals surface area contributed by atoms with E-state index in [4.69, 9.17) is 22.1 Å². The quantitative estimate of drug-likeness (QED) is 0.594. The number of hydrogen-bond donors (Lipinski definition) is 2. The van der Waals surface area contributed by atoms with Gasteiger partial charge in [0.2, 0.25) is 10.0 Å².